The number of rotatable bonds is 7. The third-order valence-electron chi connectivity index (χ3n) is 4.40. The summed E-state index contributed by atoms with van der Waals surface area (Å²) in [4.78, 5) is 35.4. The summed E-state index contributed by atoms with van der Waals surface area (Å²) in [5.41, 5.74) is 0.0311. The number of hydrogen-bond acceptors (Lipinski definition) is 6. The molecule has 2 heterocycles. The minimum Gasteiger partial charge on any atom is -0.454 e. The molecule has 3 rings (SSSR count). The maximum absolute atomic E-state index is 12.5. The topological polar surface area (TPSA) is 115 Å². The Balaban J connectivity index is 1.51. The molecule has 1 aromatic carbocycles. The van der Waals surface area contributed by atoms with Gasteiger partial charge in [-0.05, 0) is 43.2 Å². The van der Waals surface area contributed by atoms with Crippen LogP contribution in [0.3, 0.4) is 0 Å². The van der Waals surface area contributed by atoms with Crippen LogP contribution in [0.1, 0.15) is 12.8 Å². The highest BCUT2D eigenvalue weighted by atomic mass is 32.2. The van der Waals surface area contributed by atoms with Crippen LogP contribution in [0.4, 0.5) is 5.69 Å². The maximum atomic E-state index is 12.5. The first-order chi connectivity index (χ1) is 13.9. The molecule has 1 N–H and O–H groups in total. The zero-order valence-corrected chi connectivity index (χ0v) is 16.4. The van der Waals surface area contributed by atoms with Gasteiger partial charge in [0.05, 0.1) is 4.90 Å². The zero-order chi connectivity index (χ0) is 20.9. The number of nitrogens with one attached hydrogen (secondary N) is 1. The molecule has 1 aliphatic heterocycles. The van der Waals surface area contributed by atoms with Crippen LogP contribution in [0.5, 0.6) is 0 Å². The number of carbonyl (C=O) groups is 2. The van der Waals surface area contributed by atoms with E-state index in [-0.39, 0.29) is 17.0 Å². The highest BCUT2D eigenvalue weighted by molar-refractivity contribution is 7.89. The lowest BCUT2D eigenvalue weighted by molar-refractivity contribution is -0.147. The van der Waals surface area contributed by atoms with E-state index in [0.29, 0.717) is 18.8 Å². The van der Waals surface area contributed by atoms with Gasteiger partial charge in [-0.25, -0.2) is 8.42 Å². The Kier molecular flexibility index (Phi) is 6.45. The Labute approximate surface area is 168 Å². The minimum absolute atomic E-state index is 0.164. The molecule has 0 radical (unpaired) electrons. The van der Waals surface area contributed by atoms with Crippen LogP contribution >= 0.6 is 0 Å². The van der Waals surface area contributed by atoms with E-state index in [1.165, 1.54) is 45.4 Å². The number of ether oxygens (including phenoxy) is 1. The quantitative estimate of drug-likeness (QED) is 0.665. The average Bonchev–Trinajstić information content (AvgIpc) is 3.24. The standard InChI is InChI=1S/C19H21N3O6S/c23-17(14-28-19(25)13-21-10-2-1-5-18(21)24)20-15-6-8-16(9-7-15)29(26,27)22-11-3-4-12-22/h1-2,5-10H,3-4,11-14H2,(H,20,23). The van der Waals surface area contributed by atoms with E-state index in [1.807, 2.05) is 0 Å². The lowest BCUT2D eigenvalue weighted by atomic mass is 10.3. The number of sulfonamides is 1. The first kappa shape index (κ1) is 20.7. The Bertz CT molecular complexity index is 1040. The number of aromatic nitrogens is 1. The van der Waals surface area contributed by atoms with Gasteiger partial charge in [0.2, 0.25) is 10.0 Å². The maximum Gasteiger partial charge on any atom is 0.326 e. The van der Waals surface area contributed by atoms with Gasteiger partial charge in [0.25, 0.3) is 11.5 Å². The third kappa shape index (κ3) is 5.30. The summed E-state index contributed by atoms with van der Waals surface area (Å²) >= 11 is 0. The summed E-state index contributed by atoms with van der Waals surface area (Å²) in [5.74, 6) is -1.30. The van der Waals surface area contributed by atoms with Gasteiger partial charge in [0.15, 0.2) is 6.61 Å². The summed E-state index contributed by atoms with van der Waals surface area (Å²) in [6.45, 7) is 0.215. The Morgan fingerprint density at radius 2 is 1.72 bits per heavy atom. The molecule has 1 fully saturated rings. The van der Waals surface area contributed by atoms with Crippen molar-refractivity contribution in [3.8, 4) is 0 Å². The van der Waals surface area contributed by atoms with Crippen LogP contribution in [0.2, 0.25) is 0 Å². The number of hydrogen-bond donors (Lipinski definition) is 1. The van der Waals surface area contributed by atoms with Crippen molar-refractivity contribution in [3.63, 3.8) is 0 Å². The van der Waals surface area contributed by atoms with Gasteiger partial charge in [-0.2, -0.15) is 4.31 Å². The normalized spacial score (nSPS) is 14.5. The molecule has 1 amide bonds. The van der Waals surface area contributed by atoms with Crippen LogP contribution in [0.25, 0.3) is 0 Å². The SMILES string of the molecule is O=C(COC(=O)Cn1ccccc1=O)Nc1ccc(S(=O)(=O)N2CCCC2)cc1. The molecule has 0 bridgehead atoms. The van der Waals surface area contributed by atoms with Crippen molar-refractivity contribution in [1.29, 1.82) is 0 Å². The summed E-state index contributed by atoms with van der Waals surface area (Å²) in [6.07, 6.45) is 3.15. The molecule has 1 aromatic heterocycles. The molecule has 1 saturated heterocycles. The van der Waals surface area contributed by atoms with E-state index in [9.17, 15) is 22.8 Å². The molecule has 29 heavy (non-hydrogen) atoms. The van der Waals surface area contributed by atoms with E-state index >= 15 is 0 Å². The van der Waals surface area contributed by atoms with E-state index in [2.05, 4.69) is 5.32 Å². The van der Waals surface area contributed by atoms with Crippen molar-refractivity contribution in [1.82, 2.24) is 8.87 Å². The fraction of sp³-hybridized carbons (Fsp3) is 0.316. The van der Waals surface area contributed by atoms with Crippen LogP contribution in [0.15, 0.2) is 58.4 Å². The van der Waals surface area contributed by atoms with Crippen molar-refractivity contribution in [2.45, 2.75) is 24.3 Å². The van der Waals surface area contributed by atoms with Gasteiger partial charge < -0.3 is 14.6 Å². The number of benzene rings is 1. The number of anilines is 1. The molecule has 0 spiro atoms. The van der Waals surface area contributed by atoms with E-state index < -0.39 is 28.5 Å². The number of esters is 1. The first-order valence-corrected chi connectivity index (χ1v) is 10.5. The molecule has 10 heteroatoms. The van der Waals surface area contributed by atoms with Crippen molar-refractivity contribution >= 4 is 27.6 Å². The van der Waals surface area contributed by atoms with Gasteiger partial charge in [-0.15, -0.1) is 0 Å². The number of pyridine rings is 1. The van der Waals surface area contributed by atoms with Crippen LogP contribution < -0.4 is 10.9 Å². The molecule has 2 aromatic rings. The average molecular weight is 419 g/mol. The lowest BCUT2D eigenvalue weighted by Gasteiger charge is -2.15. The van der Waals surface area contributed by atoms with Crippen molar-refractivity contribution in [3.05, 3.63) is 59.0 Å². The predicted molar refractivity (Wildman–Crippen MR) is 105 cm³/mol. The van der Waals surface area contributed by atoms with Gasteiger partial charge in [-0.1, -0.05) is 6.07 Å². The molecule has 0 atom stereocenters. The van der Waals surface area contributed by atoms with E-state index in [0.717, 1.165) is 12.8 Å². The lowest BCUT2D eigenvalue weighted by Crippen LogP contribution is -2.28. The van der Waals surface area contributed by atoms with E-state index in [4.69, 9.17) is 4.74 Å². The first-order valence-electron chi connectivity index (χ1n) is 9.07. The van der Waals surface area contributed by atoms with Crippen molar-refractivity contribution in [2.75, 3.05) is 25.0 Å². The van der Waals surface area contributed by atoms with Gasteiger partial charge in [0, 0.05) is 31.0 Å². The summed E-state index contributed by atoms with van der Waals surface area (Å²) in [6, 6.07) is 10.3. The second-order valence-electron chi connectivity index (χ2n) is 6.51. The summed E-state index contributed by atoms with van der Waals surface area (Å²) in [5, 5.41) is 2.53. The highest BCUT2D eigenvalue weighted by Crippen LogP contribution is 2.22. The Morgan fingerprint density at radius 3 is 2.38 bits per heavy atom. The Hall–Kier alpha value is -2.98. The zero-order valence-electron chi connectivity index (χ0n) is 15.6. The van der Waals surface area contributed by atoms with Gasteiger partial charge in [0.1, 0.15) is 6.54 Å². The smallest absolute Gasteiger partial charge is 0.326 e. The van der Waals surface area contributed by atoms with Crippen LogP contribution in [-0.4, -0.2) is 48.9 Å². The summed E-state index contributed by atoms with van der Waals surface area (Å²) < 4.78 is 32.4. The molecule has 154 valence electrons. The fourth-order valence-corrected chi connectivity index (χ4v) is 4.42. The molecule has 0 unspecified atom stereocenters. The molecular formula is C19H21N3O6S. The van der Waals surface area contributed by atoms with Crippen LogP contribution in [0, 0.1) is 0 Å². The third-order valence-corrected chi connectivity index (χ3v) is 6.32. The molecule has 9 nitrogen and oxygen atoms in total. The van der Waals surface area contributed by atoms with E-state index in [1.54, 1.807) is 12.1 Å². The monoisotopic (exact) mass is 419 g/mol. The second-order valence-corrected chi connectivity index (χ2v) is 8.45. The van der Waals surface area contributed by atoms with Crippen molar-refractivity contribution in [2.24, 2.45) is 0 Å². The molecular weight excluding hydrogens is 398 g/mol. The molecule has 1 aliphatic rings. The highest BCUT2D eigenvalue weighted by Gasteiger charge is 2.26. The van der Waals surface area contributed by atoms with Crippen molar-refractivity contribution < 1.29 is 22.7 Å². The Morgan fingerprint density at radius 1 is 1.03 bits per heavy atom. The molecule has 0 saturated carbocycles. The number of nitrogens with zero attached hydrogens (tertiary/aromatic N) is 2. The number of amides is 1. The predicted octanol–water partition coefficient (Wildman–Crippen LogP) is 0.815. The fourth-order valence-electron chi connectivity index (χ4n) is 2.91. The molecule has 0 aliphatic carbocycles. The number of carbonyl (C=O) groups excluding carboxylic acids is 2. The van der Waals surface area contributed by atoms with Gasteiger partial charge in [-0.3, -0.25) is 14.4 Å². The van der Waals surface area contributed by atoms with Crippen LogP contribution in [-0.2, 0) is 30.9 Å². The summed E-state index contributed by atoms with van der Waals surface area (Å²) in [7, 11) is -3.52. The largest absolute Gasteiger partial charge is 0.454 e. The minimum atomic E-state index is -3.52. The second kappa shape index (κ2) is 9.01. The van der Waals surface area contributed by atoms with Gasteiger partial charge >= 0.3 is 5.97 Å².